The maximum atomic E-state index is 13.6. The molecule has 2 aliphatic rings. The summed E-state index contributed by atoms with van der Waals surface area (Å²) >= 11 is 9.20. The number of ether oxygens (including phenoxy) is 1. The van der Waals surface area contributed by atoms with Gasteiger partial charge in [0.05, 0.1) is 24.8 Å². The van der Waals surface area contributed by atoms with Crippen molar-refractivity contribution >= 4 is 44.9 Å². The lowest BCUT2D eigenvalue weighted by Crippen LogP contribution is -2.51. The number of benzene rings is 2. The maximum absolute atomic E-state index is 13.6. The van der Waals surface area contributed by atoms with Gasteiger partial charge < -0.3 is 15.0 Å². The van der Waals surface area contributed by atoms with Gasteiger partial charge in [0.25, 0.3) is 5.91 Å². The average Bonchev–Trinajstić information content (AvgIpc) is 2.75. The molecule has 0 aliphatic carbocycles. The van der Waals surface area contributed by atoms with Crippen LogP contribution in [0.4, 0.5) is 5.69 Å². The van der Waals surface area contributed by atoms with Gasteiger partial charge in [-0.3, -0.25) is 9.69 Å². The van der Waals surface area contributed by atoms with E-state index in [9.17, 15) is 4.79 Å². The van der Waals surface area contributed by atoms with E-state index in [0.29, 0.717) is 37.0 Å². The van der Waals surface area contributed by atoms with Gasteiger partial charge in [-0.2, -0.15) is 0 Å². The van der Waals surface area contributed by atoms with Crippen molar-refractivity contribution in [3.63, 3.8) is 0 Å². The zero-order chi connectivity index (χ0) is 20.4. The van der Waals surface area contributed by atoms with Crippen molar-refractivity contribution < 1.29 is 9.53 Å². The highest BCUT2D eigenvalue weighted by atomic mass is 79.9. The summed E-state index contributed by atoms with van der Waals surface area (Å²) < 4.78 is 6.43. The molecule has 1 saturated heterocycles. The minimum Gasteiger partial charge on any atom is -0.378 e. The summed E-state index contributed by atoms with van der Waals surface area (Å²) in [5.74, 6) is 0.0228. The first kappa shape index (κ1) is 20.1. The number of para-hydroxylation sites is 1. The highest BCUT2D eigenvalue weighted by Crippen LogP contribution is 2.35. The second-order valence-electron chi connectivity index (χ2n) is 7.01. The van der Waals surface area contributed by atoms with E-state index >= 15 is 0 Å². The van der Waals surface area contributed by atoms with Crippen molar-refractivity contribution in [2.45, 2.75) is 13.0 Å². The Hall–Kier alpha value is -2.22. The van der Waals surface area contributed by atoms with E-state index in [1.54, 1.807) is 0 Å². The normalized spacial score (nSPS) is 19.9. The quantitative estimate of drug-likeness (QED) is 0.684. The van der Waals surface area contributed by atoms with Gasteiger partial charge in [-0.15, -0.1) is 0 Å². The molecular formula is C22H22BrN3O2S. The molecule has 150 valence electrons. The first-order chi connectivity index (χ1) is 14.1. The summed E-state index contributed by atoms with van der Waals surface area (Å²) in [5.41, 5.74) is 3.50. The van der Waals surface area contributed by atoms with Gasteiger partial charge in [-0.05, 0) is 49.0 Å². The van der Waals surface area contributed by atoms with Gasteiger partial charge in [0.2, 0.25) is 0 Å². The highest BCUT2D eigenvalue weighted by Gasteiger charge is 2.36. The Balaban J connectivity index is 1.80. The Morgan fingerprint density at radius 2 is 1.76 bits per heavy atom. The number of carbonyl (C=O) groups is 1. The number of amides is 1. The summed E-state index contributed by atoms with van der Waals surface area (Å²) in [6.45, 7) is 4.29. The number of rotatable bonds is 3. The Kier molecular flexibility index (Phi) is 5.99. The Morgan fingerprint density at radius 1 is 1.10 bits per heavy atom. The molecule has 1 amide bonds. The number of morpholine rings is 1. The summed E-state index contributed by atoms with van der Waals surface area (Å²) in [6.07, 6.45) is 0. The van der Waals surface area contributed by atoms with Crippen molar-refractivity contribution in [1.29, 1.82) is 0 Å². The lowest BCUT2D eigenvalue weighted by atomic mass is 9.93. The van der Waals surface area contributed by atoms with Crippen molar-refractivity contribution in [2.75, 3.05) is 31.2 Å². The number of halogens is 1. The second-order valence-corrected chi connectivity index (χ2v) is 8.31. The largest absolute Gasteiger partial charge is 0.378 e. The van der Waals surface area contributed by atoms with E-state index in [1.807, 2.05) is 71.3 Å². The predicted octanol–water partition coefficient (Wildman–Crippen LogP) is 4.02. The third-order valence-electron chi connectivity index (χ3n) is 5.23. The van der Waals surface area contributed by atoms with E-state index in [1.165, 1.54) is 0 Å². The van der Waals surface area contributed by atoms with Crippen LogP contribution in [0.3, 0.4) is 0 Å². The fourth-order valence-electron chi connectivity index (χ4n) is 3.75. The molecule has 1 atom stereocenters. The summed E-state index contributed by atoms with van der Waals surface area (Å²) in [7, 11) is 0. The van der Waals surface area contributed by atoms with Crippen LogP contribution in [0.25, 0.3) is 0 Å². The first-order valence-corrected chi connectivity index (χ1v) is 10.8. The molecule has 29 heavy (non-hydrogen) atoms. The van der Waals surface area contributed by atoms with Crippen LogP contribution in [0.1, 0.15) is 18.5 Å². The zero-order valence-electron chi connectivity index (χ0n) is 16.1. The monoisotopic (exact) mass is 471 g/mol. The molecule has 0 aromatic heterocycles. The lowest BCUT2D eigenvalue weighted by molar-refractivity contribution is -0.131. The SMILES string of the molecule is CC1=C(C(=O)N2CCOCC2)[C@@H](c2ccc(Br)cc2)NC(=S)N1c1ccccc1. The van der Waals surface area contributed by atoms with Crippen LogP contribution in [-0.2, 0) is 9.53 Å². The van der Waals surface area contributed by atoms with Gasteiger partial charge in [0.15, 0.2) is 5.11 Å². The number of carbonyl (C=O) groups excluding carboxylic acids is 1. The number of hydrogen-bond acceptors (Lipinski definition) is 3. The van der Waals surface area contributed by atoms with Crippen molar-refractivity contribution in [2.24, 2.45) is 0 Å². The van der Waals surface area contributed by atoms with Gasteiger partial charge in [0, 0.05) is 28.9 Å². The third kappa shape index (κ3) is 4.08. The molecular weight excluding hydrogens is 450 g/mol. The van der Waals surface area contributed by atoms with E-state index in [2.05, 4.69) is 21.2 Å². The molecule has 0 bridgehead atoms. The van der Waals surface area contributed by atoms with Crippen LogP contribution in [-0.4, -0.2) is 42.2 Å². The average molecular weight is 472 g/mol. The van der Waals surface area contributed by atoms with Crippen LogP contribution in [0.5, 0.6) is 0 Å². The highest BCUT2D eigenvalue weighted by molar-refractivity contribution is 9.10. The molecule has 0 spiro atoms. The van der Waals surface area contributed by atoms with Crippen molar-refractivity contribution in [3.05, 3.63) is 75.9 Å². The Labute approximate surface area is 184 Å². The third-order valence-corrected chi connectivity index (χ3v) is 6.06. The maximum Gasteiger partial charge on any atom is 0.254 e. The van der Waals surface area contributed by atoms with E-state index in [0.717, 1.165) is 21.4 Å². The minimum atomic E-state index is -0.300. The molecule has 0 saturated carbocycles. The van der Waals surface area contributed by atoms with Crippen molar-refractivity contribution in [3.8, 4) is 0 Å². The Morgan fingerprint density at radius 3 is 2.41 bits per heavy atom. The first-order valence-electron chi connectivity index (χ1n) is 9.55. The molecule has 1 N–H and O–H groups in total. The van der Waals surface area contributed by atoms with E-state index in [4.69, 9.17) is 17.0 Å². The van der Waals surface area contributed by atoms with Crippen LogP contribution >= 0.6 is 28.1 Å². The molecule has 2 heterocycles. The van der Waals surface area contributed by atoms with E-state index < -0.39 is 0 Å². The van der Waals surface area contributed by atoms with Gasteiger partial charge in [-0.25, -0.2) is 0 Å². The summed E-state index contributed by atoms with van der Waals surface area (Å²) in [4.78, 5) is 17.4. The molecule has 7 heteroatoms. The van der Waals surface area contributed by atoms with Crippen LogP contribution in [0.15, 0.2) is 70.3 Å². The topological polar surface area (TPSA) is 44.8 Å². The molecule has 0 unspecified atom stereocenters. The van der Waals surface area contributed by atoms with Crippen LogP contribution in [0.2, 0.25) is 0 Å². The van der Waals surface area contributed by atoms with Gasteiger partial charge in [-0.1, -0.05) is 46.3 Å². The number of hydrogen-bond donors (Lipinski definition) is 1. The van der Waals surface area contributed by atoms with Gasteiger partial charge in [0.1, 0.15) is 0 Å². The standard InChI is InChI=1S/C22H22BrN3O2S/c1-15-19(21(27)25-11-13-28-14-12-25)20(16-7-9-17(23)10-8-16)24-22(29)26(15)18-5-3-2-4-6-18/h2-10,20H,11-14H2,1H3,(H,24,29)/t20-/m1/s1. The smallest absolute Gasteiger partial charge is 0.254 e. The summed E-state index contributed by atoms with van der Waals surface area (Å²) in [5, 5.41) is 3.99. The predicted molar refractivity (Wildman–Crippen MR) is 122 cm³/mol. The number of nitrogens with one attached hydrogen (secondary N) is 1. The molecule has 0 radical (unpaired) electrons. The minimum absolute atomic E-state index is 0.0228. The second kappa shape index (κ2) is 8.65. The number of anilines is 1. The van der Waals surface area contributed by atoms with Crippen molar-refractivity contribution in [1.82, 2.24) is 10.2 Å². The Bertz CT molecular complexity index is 940. The number of allylic oxidation sites excluding steroid dienone is 1. The number of thiocarbonyl (C=S) groups is 1. The molecule has 2 aliphatic heterocycles. The number of nitrogens with zero attached hydrogens (tertiary/aromatic N) is 2. The zero-order valence-corrected chi connectivity index (χ0v) is 18.5. The molecule has 2 aromatic rings. The summed E-state index contributed by atoms with van der Waals surface area (Å²) in [6, 6.07) is 17.6. The van der Waals surface area contributed by atoms with Crippen LogP contribution in [0, 0.1) is 0 Å². The molecule has 4 rings (SSSR count). The lowest BCUT2D eigenvalue weighted by Gasteiger charge is -2.40. The van der Waals surface area contributed by atoms with Gasteiger partial charge >= 0.3 is 0 Å². The van der Waals surface area contributed by atoms with E-state index in [-0.39, 0.29) is 11.9 Å². The van der Waals surface area contributed by atoms with Crippen LogP contribution < -0.4 is 10.2 Å². The molecule has 2 aromatic carbocycles. The molecule has 5 nitrogen and oxygen atoms in total. The fraction of sp³-hybridized carbons (Fsp3) is 0.273. The fourth-order valence-corrected chi connectivity index (χ4v) is 4.37. The molecule has 1 fully saturated rings.